The summed E-state index contributed by atoms with van der Waals surface area (Å²) in [6.07, 6.45) is 2.18. The summed E-state index contributed by atoms with van der Waals surface area (Å²) in [4.78, 5) is 14.0. The molecule has 0 bridgehead atoms. The number of aliphatic hydroxyl groups is 1. The summed E-state index contributed by atoms with van der Waals surface area (Å²) >= 11 is 6.23. The Morgan fingerprint density at radius 3 is 2.68 bits per heavy atom. The van der Waals surface area contributed by atoms with Gasteiger partial charge >= 0.3 is 0 Å². The number of aryl methyl sites for hydroxylation is 1. The van der Waals surface area contributed by atoms with Crippen molar-refractivity contribution >= 4 is 17.3 Å². The third kappa shape index (κ3) is 3.67. The SMILES string of the molecule is CC(CCO)N(Cc1ccccc1)c1cnn(C)c(=O)c1Cl. The van der Waals surface area contributed by atoms with Gasteiger partial charge in [0.15, 0.2) is 0 Å². The molecule has 1 aromatic heterocycles. The van der Waals surface area contributed by atoms with Crippen LogP contribution in [0.1, 0.15) is 18.9 Å². The van der Waals surface area contributed by atoms with Crippen molar-refractivity contribution in [2.45, 2.75) is 25.9 Å². The number of aromatic nitrogens is 2. The molecule has 0 aliphatic carbocycles. The lowest BCUT2D eigenvalue weighted by Gasteiger charge is -2.31. The fourth-order valence-corrected chi connectivity index (χ4v) is 2.58. The van der Waals surface area contributed by atoms with Crippen molar-refractivity contribution in [2.75, 3.05) is 11.5 Å². The van der Waals surface area contributed by atoms with Crippen LogP contribution in [0.4, 0.5) is 5.69 Å². The van der Waals surface area contributed by atoms with Crippen LogP contribution in [0.15, 0.2) is 41.3 Å². The molecular weight excluding hydrogens is 302 g/mol. The zero-order valence-corrected chi connectivity index (χ0v) is 13.5. The lowest BCUT2D eigenvalue weighted by atomic mass is 10.1. The first kappa shape index (κ1) is 16.5. The average molecular weight is 322 g/mol. The van der Waals surface area contributed by atoms with Crippen molar-refractivity contribution in [3.05, 3.63) is 57.5 Å². The van der Waals surface area contributed by atoms with Crippen LogP contribution >= 0.6 is 11.6 Å². The summed E-state index contributed by atoms with van der Waals surface area (Å²) < 4.78 is 1.21. The summed E-state index contributed by atoms with van der Waals surface area (Å²) in [7, 11) is 1.57. The van der Waals surface area contributed by atoms with Crippen molar-refractivity contribution in [1.29, 1.82) is 0 Å². The monoisotopic (exact) mass is 321 g/mol. The first-order valence-corrected chi connectivity index (χ1v) is 7.55. The smallest absolute Gasteiger partial charge is 0.287 e. The fourth-order valence-electron chi connectivity index (χ4n) is 2.30. The zero-order valence-electron chi connectivity index (χ0n) is 12.7. The molecule has 1 N–H and O–H groups in total. The second-order valence-corrected chi connectivity index (χ2v) is 5.63. The number of nitrogens with zero attached hydrogens (tertiary/aromatic N) is 3. The van der Waals surface area contributed by atoms with Crippen molar-refractivity contribution in [3.8, 4) is 0 Å². The van der Waals surface area contributed by atoms with Gasteiger partial charge in [-0.15, -0.1) is 0 Å². The number of benzene rings is 1. The summed E-state index contributed by atoms with van der Waals surface area (Å²) in [5.74, 6) is 0. The highest BCUT2D eigenvalue weighted by molar-refractivity contribution is 6.33. The van der Waals surface area contributed by atoms with Crippen LogP contribution in [0.25, 0.3) is 0 Å². The Labute approximate surface area is 134 Å². The Kier molecular flexibility index (Phi) is 5.57. The van der Waals surface area contributed by atoms with E-state index in [-0.39, 0.29) is 23.2 Å². The molecule has 0 saturated carbocycles. The second-order valence-electron chi connectivity index (χ2n) is 5.25. The van der Waals surface area contributed by atoms with Crippen LogP contribution in [0.2, 0.25) is 5.02 Å². The molecule has 0 amide bonds. The topological polar surface area (TPSA) is 58.4 Å². The Morgan fingerprint density at radius 2 is 2.05 bits per heavy atom. The van der Waals surface area contributed by atoms with Gasteiger partial charge in [-0.1, -0.05) is 41.9 Å². The minimum absolute atomic E-state index is 0.0246. The average Bonchev–Trinajstić information content (AvgIpc) is 2.52. The van der Waals surface area contributed by atoms with Crippen LogP contribution in [0, 0.1) is 0 Å². The quantitative estimate of drug-likeness (QED) is 0.886. The van der Waals surface area contributed by atoms with Crippen LogP contribution in [0.5, 0.6) is 0 Å². The van der Waals surface area contributed by atoms with E-state index in [1.54, 1.807) is 13.2 Å². The molecule has 5 nitrogen and oxygen atoms in total. The first-order chi connectivity index (χ1) is 10.5. The number of halogens is 1. The standard InChI is InChI=1S/C16H20ClN3O2/c1-12(8-9-21)20(11-13-6-4-3-5-7-13)14-10-18-19(2)16(22)15(14)17/h3-7,10,12,21H,8-9,11H2,1-2H3. The van der Waals surface area contributed by atoms with Gasteiger partial charge in [0.1, 0.15) is 5.02 Å². The number of rotatable bonds is 6. The molecule has 2 rings (SSSR count). The van der Waals surface area contributed by atoms with E-state index < -0.39 is 0 Å². The van der Waals surface area contributed by atoms with Crippen molar-refractivity contribution in [2.24, 2.45) is 7.05 Å². The van der Waals surface area contributed by atoms with Gasteiger partial charge in [-0.3, -0.25) is 4.79 Å². The molecule has 0 fully saturated rings. The molecule has 0 aliphatic rings. The molecule has 1 heterocycles. The lowest BCUT2D eigenvalue weighted by Crippen LogP contribution is -2.35. The van der Waals surface area contributed by atoms with Crippen LogP contribution < -0.4 is 10.5 Å². The van der Waals surface area contributed by atoms with Gasteiger partial charge in [-0.25, -0.2) is 4.68 Å². The van der Waals surface area contributed by atoms with Crippen molar-refractivity contribution in [1.82, 2.24) is 9.78 Å². The Morgan fingerprint density at radius 1 is 1.36 bits per heavy atom. The second kappa shape index (κ2) is 7.42. The van der Waals surface area contributed by atoms with Gasteiger partial charge in [0, 0.05) is 26.2 Å². The van der Waals surface area contributed by atoms with E-state index in [4.69, 9.17) is 11.6 Å². The van der Waals surface area contributed by atoms with Gasteiger partial charge in [0.25, 0.3) is 5.56 Å². The summed E-state index contributed by atoms with van der Waals surface area (Å²) in [6, 6.07) is 9.94. The Balaban J connectivity index is 2.40. The van der Waals surface area contributed by atoms with Crippen LogP contribution in [-0.4, -0.2) is 27.5 Å². The van der Waals surface area contributed by atoms with Crippen LogP contribution in [0.3, 0.4) is 0 Å². The summed E-state index contributed by atoms with van der Waals surface area (Å²) in [5.41, 5.74) is 1.37. The van der Waals surface area contributed by atoms with Gasteiger partial charge < -0.3 is 10.0 Å². The Hall–Kier alpha value is -1.85. The van der Waals surface area contributed by atoms with E-state index in [9.17, 15) is 9.90 Å². The minimum atomic E-state index is -0.326. The molecule has 0 spiro atoms. The number of anilines is 1. The molecule has 6 heteroatoms. The molecule has 1 unspecified atom stereocenters. The summed E-state index contributed by atoms with van der Waals surface area (Å²) in [5, 5.41) is 13.4. The van der Waals surface area contributed by atoms with E-state index in [2.05, 4.69) is 5.10 Å². The van der Waals surface area contributed by atoms with Gasteiger partial charge in [-0.05, 0) is 18.9 Å². The normalized spacial score (nSPS) is 12.2. The largest absolute Gasteiger partial charge is 0.396 e. The molecule has 22 heavy (non-hydrogen) atoms. The molecule has 0 saturated heterocycles. The lowest BCUT2D eigenvalue weighted by molar-refractivity contribution is 0.275. The molecule has 1 atom stereocenters. The maximum Gasteiger partial charge on any atom is 0.287 e. The fraction of sp³-hybridized carbons (Fsp3) is 0.375. The van der Waals surface area contributed by atoms with Gasteiger partial charge in [-0.2, -0.15) is 5.10 Å². The number of hydrogen-bond donors (Lipinski definition) is 1. The predicted octanol–water partition coefficient (Wildman–Crippen LogP) is 2.21. The third-order valence-corrected chi connectivity index (χ3v) is 4.00. The maximum atomic E-state index is 12.0. The highest BCUT2D eigenvalue weighted by atomic mass is 35.5. The van der Waals surface area contributed by atoms with Crippen LogP contribution in [-0.2, 0) is 13.6 Å². The van der Waals surface area contributed by atoms with E-state index in [0.717, 1.165) is 5.56 Å². The van der Waals surface area contributed by atoms with E-state index in [1.807, 2.05) is 42.2 Å². The Bertz CT molecular complexity index is 673. The molecule has 0 aliphatic heterocycles. The van der Waals surface area contributed by atoms with E-state index in [1.165, 1.54) is 4.68 Å². The van der Waals surface area contributed by atoms with Crippen molar-refractivity contribution in [3.63, 3.8) is 0 Å². The molecule has 118 valence electrons. The molecule has 0 radical (unpaired) electrons. The zero-order chi connectivity index (χ0) is 16.1. The molecule has 1 aromatic carbocycles. The van der Waals surface area contributed by atoms with E-state index >= 15 is 0 Å². The van der Waals surface area contributed by atoms with E-state index in [0.29, 0.717) is 18.7 Å². The number of hydrogen-bond acceptors (Lipinski definition) is 4. The predicted molar refractivity (Wildman–Crippen MR) is 88.3 cm³/mol. The first-order valence-electron chi connectivity index (χ1n) is 7.17. The minimum Gasteiger partial charge on any atom is -0.396 e. The number of aliphatic hydroxyl groups excluding tert-OH is 1. The maximum absolute atomic E-state index is 12.0. The van der Waals surface area contributed by atoms with Gasteiger partial charge in [0.2, 0.25) is 0 Å². The molecule has 2 aromatic rings. The summed E-state index contributed by atoms with van der Waals surface area (Å²) in [6.45, 7) is 2.66. The van der Waals surface area contributed by atoms with Crippen molar-refractivity contribution < 1.29 is 5.11 Å². The highest BCUT2D eigenvalue weighted by Crippen LogP contribution is 2.26. The highest BCUT2D eigenvalue weighted by Gasteiger charge is 2.20. The van der Waals surface area contributed by atoms with Gasteiger partial charge in [0.05, 0.1) is 11.9 Å². The molecular formula is C16H20ClN3O2. The third-order valence-electron chi connectivity index (χ3n) is 3.64.